The minimum atomic E-state index is -0.822. The van der Waals surface area contributed by atoms with Gasteiger partial charge >= 0.3 is 0 Å². The number of methoxy groups -OCH3 is 1. The maximum Gasteiger partial charge on any atom is 0.290 e. The molecular formula is C19H17NO5S. The van der Waals surface area contributed by atoms with Crippen molar-refractivity contribution in [3.63, 3.8) is 0 Å². The Morgan fingerprint density at radius 3 is 2.54 bits per heavy atom. The van der Waals surface area contributed by atoms with Crippen molar-refractivity contribution in [3.05, 3.63) is 64.6 Å². The van der Waals surface area contributed by atoms with Crippen LogP contribution in [0.3, 0.4) is 0 Å². The Morgan fingerprint density at radius 1 is 1.15 bits per heavy atom. The van der Waals surface area contributed by atoms with Crippen molar-refractivity contribution < 1.29 is 24.2 Å². The SMILES string of the molecule is COc1ccccc1C(O)COc1ccc(C=C2SC(=O)NC2=O)cc1. The summed E-state index contributed by atoms with van der Waals surface area (Å²) in [7, 11) is 1.55. The number of amides is 2. The second kappa shape index (κ2) is 8.07. The first-order valence-electron chi connectivity index (χ1n) is 7.85. The van der Waals surface area contributed by atoms with Gasteiger partial charge in [0.1, 0.15) is 24.2 Å². The highest BCUT2D eigenvalue weighted by molar-refractivity contribution is 8.18. The lowest BCUT2D eigenvalue weighted by atomic mass is 10.1. The summed E-state index contributed by atoms with van der Waals surface area (Å²) in [6.07, 6.45) is 0.816. The summed E-state index contributed by atoms with van der Waals surface area (Å²) >= 11 is 0.873. The van der Waals surface area contributed by atoms with Crippen LogP contribution in [0, 0.1) is 0 Å². The molecule has 0 saturated carbocycles. The summed E-state index contributed by atoms with van der Waals surface area (Å²) in [6.45, 7) is 0.0770. The number of benzene rings is 2. The highest BCUT2D eigenvalue weighted by atomic mass is 32.2. The molecular weight excluding hydrogens is 354 g/mol. The number of ether oxygens (including phenoxy) is 2. The molecule has 2 amide bonds. The summed E-state index contributed by atoms with van der Waals surface area (Å²) in [5.41, 5.74) is 1.43. The molecule has 2 aromatic carbocycles. The van der Waals surface area contributed by atoms with E-state index in [2.05, 4.69) is 5.32 Å². The van der Waals surface area contributed by atoms with Gasteiger partial charge in [0, 0.05) is 5.56 Å². The highest BCUT2D eigenvalue weighted by Gasteiger charge is 2.24. The number of thioether (sulfide) groups is 1. The zero-order valence-corrected chi connectivity index (χ0v) is 14.8. The molecule has 1 aliphatic rings. The second-order valence-corrected chi connectivity index (χ2v) is 6.50. The number of carbonyl (C=O) groups excluding carboxylic acids is 2. The molecule has 2 aromatic rings. The van der Waals surface area contributed by atoms with E-state index < -0.39 is 6.10 Å². The van der Waals surface area contributed by atoms with Gasteiger partial charge < -0.3 is 14.6 Å². The van der Waals surface area contributed by atoms with E-state index in [0.29, 0.717) is 22.0 Å². The van der Waals surface area contributed by atoms with Crippen molar-refractivity contribution in [2.45, 2.75) is 6.10 Å². The number of carbonyl (C=O) groups is 2. The van der Waals surface area contributed by atoms with Crippen molar-refractivity contribution >= 4 is 29.0 Å². The molecule has 0 aromatic heterocycles. The molecule has 1 heterocycles. The van der Waals surface area contributed by atoms with E-state index in [1.807, 2.05) is 12.1 Å². The zero-order valence-electron chi connectivity index (χ0n) is 14.0. The minimum Gasteiger partial charge on any atom is -0.496 e. The topological polar surface area (TPSA) is 84.9 Å². The lowest BCUT2D eigenvalue weighted by Gasteiger charge is -2.15. The summed E-state index contributed by atoms with van der Waals surface area (Å²) in [5.74, 6) is 0.799. The fraction of sp³-hybridized carbons (Fsp3) is 0.158. The number of hydrogen-bond acceptors (Lipinski definition) is 6. The molecule has 6 nitrogen and oxygen atoms in total. The molecule has 0 radical (unpaired) electrons. The first-order valence-corrected chi connectivity index (χ1v) is 8.67. The molecule has 1 unspecified atom stereocenters. The van der Waals surface area contributed by atoms with Gasteiger partial charge in [0.25, 0.3) is 11.1 Å². The lowest BCUT2D eigenvalue weighted by molar-refractivity contribution is -0.115. The van der Waals surface area contributed by atoms with E-state index in [9.17, 15) is 14.7 Å². The quantitative estimate of drug-likeness (QED) is 0.759. The molecule has 3 rings (SSSR count). The number of hydrogen-bond donors (Lipinski definition) is 2. The molecule has 1 aliphatic heterocycles. The fourth-order valence-electron chi connectivity index (χ4n) is 2.44. The number of aliphatic hydroxyl groups excluding tert-OH is 1. The molecule has 0 bridgehead atoms. The predicted molar refractivity (Wildman–Crippen MR) is 99.0 cm³/mol. The number of nitrogens with one attached hydrogen (secondary N) is 1. The Morgan fingerprint density at radius 2 is 1.88 bits per heavy atom. The minimum absolute atomic E-state index is 0.0770. The maximum absolute atomic E-state index is 11.5. The van der Waals surface area contributed by atoms with Gasteiger partial charge in [-0.15, -0.1) is 0 Å². The smallest absolute Gasteiger partial charge is 0.290 e. The van der Waals surface area contributed by atoms with Gasteiger partial charge in [-0.1, -0.05) is 30.3 Å². The van der Waals surface area contributed by atoms with Crippen LogP contribution in [-0.2, 0) is 4.79 Å². The molecule has 26 heavy (non-hydrogen) atoms. The third-order valence-electron chi connectivity index (χ3n) is 3.73. The normalized spacial score (nSPS) is 16.5. The van der Waals surface area contributed by atoms with E-state index in [-0.39, 0.29) is 17.8 Å². The molecule has 1 atom stereocenters. The summed E-state index contributed by atoms with van der Waals surface area (Å²) < 4.78 is 10.9. The van der Waals surface area contributed by atoms with Crippen LogP contribution in [0.25, 0.3) is 6.08 Å². The molecule has 134 valence electrons. The monoisotopic (exact) mass is 371 g/mol. The van der Waals surface area contributed by atoms with Crippen molar-refractivity contribution in [1.29, 1.82) is 0 Å². The van der Waals surface area contributed by atoms with Gasteiger partial charge in [-0.2, -0.15) is 0 Å². The predicted octanol–water partition coefficient (Wildman–Crippen LogP) is 3.13. The standard InChI is InChI=1S/C19H17NO5S/c1-24-16-5-3-2-4-14(16)15(21)11-25-13-8-6-12(7-9-13)10-17-18(22)20-19(23)26-17/h2-10,15,21H,11H2,1H3,(H,20,22,23). The third kappa shape index (κ3) is 4.25. The van der Waals surface area contributed by atoms with Gasteiger partial charge in [-0.25, -0.2) is 0 Å². The zero-order chi connectivity index (χ0) is 18.5. The van der Waals surface area contributed by atoms with Crippen molar-refractivity contribution in [2.24, 2.45) is 0 Å². The van der Waals surface area contributed by atoms with Gasteiger partial charge in [0.2, 0.25) is 0 Å². The van der Waals surface area contributed by atoms with Crippen LogP contribution in [0.5, 0.6) is 11.5 Å². The summed E-state index contributed by atoms with van der Waals surface area (Å²) in [4.78, 5) is 23.1. The molecule has 7 heteroatoms. The Bertz CT molecular complexity index is 847. The number of para-hydroxylation sites is 1. The number of rotatable bonds is 6. The van der Waals surface area contributed by atoms with Crippen LogP contribution in [0.2, 0.25) is 0 Å². The van der Waals surface area contributed by atoms with Crippen LogP contribution < -0.4 is 14.8 Å². The van der Waals surface area contributed by atoms with Crippen molar-refractivity contribution in [2.75, 3.05) is 13.7 Å². The van der Waals surface area contributed by atoms with E-state index in [4.69, 9.17) is 9.47 Å². The van der Waals surface area contributed by atoms with Crippen molar-refractivity contribution in [3.8, 4) is 11.5 Å². The Balaban J connectivity index is 1.62. The van der Waals surface area contributed by atoms with Crippen LogP contribution >= 0.6 is 11.8 Å². The maximum atomic E-state index is 11.5. The fourth-order valence-corrected chi connectivity index (χ4v) is 3.12. The van der Waals surface area contributed by atoms with Crippen molar-refractivity contribution in [1.82, 2.24) is 5.32 Å². The van der Waals surface area contributed by atoms with E-state index in [0.717, 1.165) is 17.3 Å². The van der Waals surface area contributed by atoms with E-state index in [1.165, 1.54) is 0 Å². The van der Waals surface area contributed by atoms with Crippen LogP contribution in [0.4, 0.5) is 4.79 Å². The van der Waals surface area contributed by atoms with Gasteiger partial charge in [-0.05, 0) is 41.6 Å². The first-order chi connectivity index (χ1) is 12.6. The molecule has 0 aliphatic carbocycles. The van der Waals surface area contributed by atoms with Crippen LogP contribution in [-0.4, -0.2) is 30.0 Å². The lowest BCUT2D eigenvalue weighted by Crippen LogP contribution is -2.17. The van der Waals surface area contributed by atoms with Crippen LogP contribution in [0.1, 0.15) is 17.2 Å². The molecule has 1 saturated heterocycles. The summed E-state index contributed by atoms with van der Waals surface area (Å²) in [5, 5.41) is 12.1. The average Bonchev–Trinajstić information content (AvgIpc) is 2.97. The van der Waals surface area contributed by atoms with E-state index in [1.54, 1.807) is 49.6 Å². The van der Waals surface area contributed by atoms with Crippen LogP contribution in [0.15, 0.2) is 53.4 Å². The number of aliphatic hydroxyl groups is 1. The average molecular weight is 371 g/mol. The Kier molecular flexibility index (Phi) is 5.60. The number of imide groups is 1. The molecule has 1 fully saturated rings. The van der Waals surface area contributed by atoms with E-state index >= 15 is 0 Å². The molecule has 0 spiro atoms. The second-order valence-electron chi connectivity index (χ2n) is 5.49. The van der Waals surface area contributed by atoms with Gasteiger partial charge in [0.05, 0.1) is 12.0 Å². The first kappa shape index (κ1) is 18.0. The highest BCUT2D eigenvalue weighted by Crippen LogP contribution is 2.27. The summed E-state index contributed by atoms with van der Waals surface area (Å²) in [6, 6.07) is 14.2. The molecule has 2 N–H and O–H groups in total. The third-order valence-corrected chi connectivity index (χ3v) is 4.54. The van der Waals surface area contributed by atoms with Gasteiger partial charge in [-0.3, -0.25) is 14.9 Å². The Hall–Kier alpha value is -2.77. The Labute approximate surface area is 154 Å². The largest absolute Gasteiger partial charge is 0.496 e. The van der Waals surface area contributed by atoms with Gasteiger partial charge in [0.15, 0.2) is 0 Å².